The molecule has 1 aliphatic heterocycles. The monoisotopic (exact) mass is 326 g/mol. The van der Waals surface area contributed by atoms with Crippen LogP contribution in [0.2, 0.25) is 0 Å². The Kier molecular flexibility index (Phi) is 7.80. The molecule has 1 saturated heterocycles. The summed E-state index contributed by atoms with van der Waals surface area (Å²) in [6.07, 6.45) is 8.41. The van der Waals surface area contributed by atoms with Crippen LogP contribution in [-0.4, -0.2) is 56.4 Å². The molecule has 0 radical (unpaired) electrons. The molecule has 2 unspecified atom stereocenters. The second-order valence-electron chi connectivity index (χ2n) is 7.32. The molecule has 3 atom stereocenters. The van der Waals surface area contributed by atoms with Crippen LogP contribution in [-0.2, 0) is 14.3 Å². The molecule has 1 saturated carbocycles. The van der Waals surface area contributed by atoms with E-state index in [2.05, 4.69) is 0 Å². The molecule has 23 heavy (non-hydrogen) atoms. The van der Waals surface area contributed by atoms with E-state index in [1.165, 1.54) is 32.1 Å². The van der Waals surface area contributed by atoms with Gasteiger partial charge in [-0.3, -0.25) is 4.79 Å². The van der Waals surface area contributed by atoms with Gasteiger partial charge in [0.15, 0.2) is 0 Å². The van der Waals surface area contributed by atoms with Gasteiger partial charge in [0.1, 0.15) is 6.04 Å². The minimum absolute atomic E-state index is 0.0296. The summed E-state index contributed by atoms with van der Waals surface area (Å²) in [6, 6.07) is -0.556. The molecule has 2 aliphatic rings. The predicted molar refractivity (Wildman–Crippen MR) is 91.1 cm³/mol. The average Bonchev–Trinajstić information content (AvgIpc) is 2.60. The number of amides is 1. The number of carbonyl (C=O) groups is 1. The van der Waals surface area contributed by atoms with Gasteiger partial charge in [-0.15, -0.1) is 0 Å². The first-order valence-electron chi connectivity index (χ1n) is 9.26. The van der Waals surface area contributed by atoms with Crippen molar-refractivity contribution < 1.29 is 14.3 Å². The summed E-state index contributed by atoms with van der Waals surface area (Å²) in [7, 11) is 1.72. The second-order valence-corrected chi connectivity index (χ2v) is 7.32. The highest BCUT2D eigenvalue weighted by atomic mass is 16.5. The molecule has 2 N–H and O–H groups in total. The van der Waals surface area contributed by atoms with Crippen LogP contribution in [0.1, 0.15) is 51.9 Å². The lowest BCUT2D eigenvalue weighted by molar-refractivity contribution is -0.138. The van der Waals surface area contributed by atoms with Gasteiger partial charge in [-0.25, -0.2) is 0 Å². The Morgan fingerprint density at radius 3 is 2.52 bits per heavy atom. The topological polar surface area (TPSA) is 64.8 Å². The first kappa shape index (κ1) is 18.7. The lowest BCUT2D eigenvalue weighted by Crippen LogP contribution is -2.53. The molecule has 134 valence electrons. The number of rotatable bonds is 7. The fraction of sp³-hybridized carbons (Fsp3) is 0.944. The van der Waals surface area contributed by atoms with E-state index in [1.54, 1.807) is 7.11 Å². The van der Waals surface area contributed by atoms with Gasteiger partial charge in [0.25, 0.3) is 0 Å². The Labute approximate surface area is 140 Å². The minimum Gasteiger partial charge on any atom is -0.384 e. The van der Waals surface area contributed by atoms with E-state index in [0.29, 0.717) is 18.4 Å². The summed E-state index contributed by atoms with van der Waals surface area (Å²) in [5, 5.41) is 0. The lowest BCUT2D eigenvalue weighted by Gasteiger charge is -2.35. The Bertz CT molecular complexity index is 356. The largest absolute Gasteiger partial charge is 0.384 e. The summed E-state index contributed by atoms with van der Waals surface area (Å²) < 4.78 is 11.2. The highest BCUT2D eigenvalue weighted by Gasteiger charge is 2.30. The van der Waals surface area contributed by atoms with Crippen LogP contribution in [0.3, 0.4) is 0 Å². The van der Waals surface area contributed by atoms with Crippen molar-refractivity contribution in [3.63, 3.8) is 0 Å². The van der Waals surface area contributed by atoms with Crippen molar-refractivity contribution in [1.29, 1.82) is 0 Å². The summed E-state index contributed by atoms with van der Waals surface area (Å²) in [5.41, 5.74) is 6.18. The van der Waals surface area contributed by atoms with Crippen molar-refractivity contribution in [1.82, 2.24) is 4.90 Å². The first-order chi connectivity index (χ1) is 11.1. The first-order valence-corrected chi connectivity index (χ1v) is 9.26. The number of nitrogens with two attached hydrogens (primary N) is 1. The fourth-order valence-electron chi connectivity index (χ4n) is 3.79. The van der Waals surface area contributed by atoms with Crippen molar-refractivity contribution in [2.75, 3.05) is 33.4 Å². The van der Waals surface area contributed by atoms with Crippen LogP contribution >= 0.6 is 0 Å². The predicted octanol–water partition coefficient (Wildman–Crippen LogP) is 2.18. The zero-order valence-electron chi connectivity index (χ0n) is 14.8. The maximum absolute atomic E-state index is 12.6. The number of methoxy groups -OCH3 is 1. The number of likely N-dealkylation sites (tertiary alicyclic amines) is 1. The average molecular weight is 326 g/mol. The van der Waals surface area contributed by atoms with E-state index in [-0.39, 0.29) is 12.0 Å². The maximum atomic E-state index is 12.6. The zero-order valence-corrected chi connectivity index (χ0v) is 14.8. The molecule has 0 spiro atoms. The summed E-state index contributed by atoms with van der Waals surface area (Å²) in [6.45, 7) is 4.96. The molecule has 0 aromatic rings. The molecule has 1 heterocycles. The number of carbonyl (C=O) groups excluding carboxylic acids is 1. The summed E-state index contributed by atoms with van der Waals surface area (Å²) >= 11 is 0. The van der Waals surface area contributed by atoms with E-state index in [4.69, 9.17) is 15.2 Å². The highest BCUT2D eigenvalue weighted by molar-refractivity contribution is 5.82. The molecule has 0 bridgehead atoms. The lowest BCUT2D eigenvalue weighted by atomic mass is 9.90. The van der Waals surface area contributed by atoms with Crippen LogP contribution < -0.4 is 5.73 Å². The Balaban J connectivity index is 1.75. The molecular formula is C18H34N2O3. The van der Waals surface area contributed by atoms with Crippen molar-refractivity contribution in [2.24, 2.45) is 17.6 Å². The molecule has 5 heteroatoms. The van der Waals surface area contributed by atoms with Crippen molar-refractivity contribution >= 4 is 5.91 Å². The van der Waals surface area contributed by atoms with Crippen LogP contribution in [0.4, 0.5) is 0 Å². The smallest absolute Gasteiger partial charge is 0.242 e. The Morgan fingerprint density at radius 1 is 1.13 bits per heavy atom. The van der Waals surface area contributed by atoms with E-state index in [9.17, 15) is 4.79 Å². The van der Waals surface area contributed by atoms with Gasteiger partial charge in [-0.1, -0.05) is 19.3 Å². The molecule has 1 amide bonds. The molecule has 2 fully saturated rings. The number of hydrogen-bond donors (Lipinski definition) is 1. The van der Waals surface area contributed by atoms with Gasteiger partial charge >= 0.3 is 0 Å². The molecule has 0 aromatic heterocycles. The molecule has 1 aliphatic carbocycles. The normalized spacial score (nSPS) is 26.0. The fourth-order valence-corrected chi connectivity index (χ4v) is 3.79. The zero-order chi connectivity index (χ0) is 16.7. The third-order valence-corrected chi connectivity index (χ3v) is 5.34. The van der Waals surface area contributed by atoms with E-state index in [1.807, 2.05) is 11.8 Å². The number of ether oxygens (including phenoxy) is 2. The van der Waals surface area contributed by atoms with Gasteiger partial charge in [-0.05, 0) is 44.4 Å². The van der Waals surface area contributed by atoms with E-state index < -0.39 is 6.04 Å². The molecule has 5 nitrogen and oxygen atoms in total. The van der Waals surface area contributed by atoms with Crippen molar-refractivity contribution in [3.8, 4) is 0 Å². The molecular weight excluding hydrogens is 292 g/mol. The van der Waals surface area contributed by atoms with Gasteiger partial charge in [-0.2, -0.15) is 0 Å². The van der Waals surface area contributed by atoms with Gasteiger partial charge in [0.05, 0.1) is 12.7 Å². The third-order valence-electron chi connectivity index (χ3n) is 5.34. The highest BCUT2D eigenvalue weighted by Crippen LogP contribution is 2.24. The van der Waals surface area contributed by atoms with Gasteiger partial charge < -0.3 is 20.1 Å². The molecule has 0 aromatic carbocycles. The Hall–Kier alpha value is -0.650. The number of hydrogen-bond acceptors (Lipinski definition) is 4. The minimum atomic E-state index is -0.556. The number of nitrogens with zero attached hydrogens (tertiary/aromatic N) is 1. The second kappa shape index (κ2) is 9.60. The van der Waals surface area contributed by atoms with Crippen LogP contribution in [0.15, 0.2) is 0 Å². The Morgan fingerprint density at radius 2 is 1.83 bits per heavy atom. The van der Waals surface area contributed by atoms with E-state index >= 15 is 0 Å². The van der Waals surface area contributed by atoms with Crippen LogP contribution in [0, 0.1) is 11.8 Å². The summed E-state index contributed by atoms with van der Waals surface area (Å²) in [4.78, 5) is 14.5. The maximum Gasteiger partial charge on any atom is 0.242 e. The van der Waals surface area contributed by atoms with Crippen LogP contribution in [0.5, 0.6) is 0 Å². The summed E-state index contributed by atoms with van der Waals surface area (Å²) in [5.74, 6) is 1.11. The standard InChI is InChI=1S/C18H34N2O3/c1-14(23-13-15-7-4-3-5-8-15)17(19)18(21)20-10-6-9-16(11-20)12-22-2/h14-17H,3-13,19H2,1-2H3/t14?,16-,17?/m0/s1. The number of piperidine rings is 1. The van der Waals surface area contributed by atoms with Crippen LogP contribution in [0.25, 0.3) is 0 Å². The third kappa shape index (κ3) is 5.73. The van der Waals surface area contributed by atoms with E-state index in [0.717, 1.165) is 32.5 Å². The van der Waals surface area contributed by atoms with Gasteiger partial charge in [0, 0.05) is 26.8 Å². The van der Waals surface area contributed by atoms with Crippen molar-refractivity contribution in [3.05, 3.63) is 0 Å². The molecule has 2 rings (SSSR count). The van der Waals surface area contributed by atoms with Gasteiger partial charge in [0.2, 0.25) is 5.91 Å². The van der Waals surface area contributed by atoms with Crippen molar-refractivity contribution in [2.45, 2.75) is 64.0 Å². The SMILES string of the molecule is COC[C@H]1CCCN(C(=O)C(N)C(C)OCC2CCCCC2)C1. The quantitative estimate of drug-likeness (QED) is 0.779.